The van der Waals surface area contributed by atoms with Gasteiger partial charge in [0.15, 0.2) is 11.4 Å². The van der Waals surface area contributed by atoms with Gasteiger partial charge in [0.2, 0.25) is 15.9 Å². The fraction of sp³-hybridized carbons (Fsp3) is 0.173. The molecule has 0 saturated heterocycles. The molecule has 0 aliphatic carbocycles. The number of aromatic nitrogens is 1. The highest BCUT2D eigenvalue weighted by molar-refractivity contribution is 7.89. The number of amides is 2. The molecule has 9 rings (SSSR count). The van der Waals surface area contributed by atoms with Crippen molar-refractivity contribution in [1.82, 2.24) is 31.0 Å². The molecular weight excluding hydrogens is 901 g/mol. The van der Waals surface area contributed by atoms with Crippen LogP contribution in [0.5, 0.6) is 23.0 Å². The number of fused-ring (bicyclic) bond motifs is 7. The van der Waals surface area contributed by atoms with Crippen LogP contribution in [0.25, 0.3) is 10.8 Å². The van der Waals surface area contributed by atoms with Crippen LogP contribution in [-0.2, 0) is 31.6 Å². The molecule has 0 radical (unpaired) electrons. The van der Waals surface area contributed by atoms with Crippen LogP contribution in [0.4, 0.5) is 0 Å². The van der Waals surface area contributed by atoms with Gasteiger partial charge >= 0.3 is 5.97 Å². The zero-order chi connectivity index (χ0) is 48.1. The van der Waals surface area contributed by atoms with Crippen molar-refractivity contribution in [2.75, 3.05) is 39.3 Å². The molecule has 2 amide bonds. The predicted molar refractivity (Wildman–Crippen MR) is 255 cm³/mol. The molecule has 0 bridgehead atoms. The molecule has 350 valence electrons. The average molecular weight is 947 g/mol. The minimum atomic E-state index is -3.75. The number of aromatic hydroxyl groups is 2. The number of nitrogens with zero attached hydrogens (tertiary/aromatic N) is 1. The van der Waals surface area contributed by atoms with Crippen LogP contribution in [0.3, 0.4) is 0 Å². The lowest BCUT2D eigenvalue weighted by Crippen LogP contribution is -2.49. The monoisotopic (exact) mass is 946 g/mol. The summed E-state index contributed by atoms with van der Waals surface area (Å²) in [4.78, 5) is 59.1. The molecule has 3 heterocycles. The van der Waals surface area contributed by atoms with Gasteiger partial charge in [0, 0.05) is 114 Å². The average Bonchev–Trinajstić information content (AvgIpc) is 3.64. The Morgan fingerprint density at radius 3 is 2.01 bits per heavy atom. The first-order valence-electron chi connectivity index (χ1n) is 22.1. The highest BCUT2D eigenvalue weighted by Crippen LogP contribution is 2.57. The number of nitrogens with one attached hydrogen (secondary N) is 5. The Balaban J connectivity index is 0.845. The summed E-state index contributed by atoms with van der Waals surface area (Å²) in [5.41, 5.74) is 1.60. The van der Waals surface area contributed by atoms with Crippen LogP contribution in [0.1, 0.15) is 58.9 Å². The summed E-state index contributed by atoms with van der Waals surface area (Å²) >= 11 is 0. The second-order valence-corrected chi connectivity index (χ2v) is 18.2. The van der Waals surface area contributed by atoms with E-state index < -0.39 is 39.4 Å². The summed E-state index contributed by atoms with van der Waals surface area (Å²) in [6.07, 6.45) is 3.24. The number of hydrogen-bond acceptors (Lipinski definition) is 13. The van der Waals surface area contributed by atoms with Crippen molar-refractivity contribution in [3.63, 3.8) is 0 Å². The Morgan fingerprint density at radius 1 is 0.667 bits per heavy atom. The predicted octanol–water partition coefficient (Wildman–Crippen LogP) is 5.06. The quantitative estimate of drug-likeness (QED) is 0.0339. The van der Waals surface area contributed by atoms with Crippen molar-refractivity contribution in [3.05, 3.63) is 190 Å². The van der Waals surface area contributed by atoms with Gasteiger partial charge in [-0.3, -0.25) is 19.4 Å². The van der Waals surface area contributed by atoms with E-state index in [4.69, 9.17) is 9.47 Å². The lowest BCUT2D eigenvalue weighted by atomic mass is 9.77. The van der Waals surface area contributed by atoms with Crippen LogP contribution in [-0.4, -0.2) is 92.5 Å². The van der Waals surface area contributed by atoms with Crippen LogP contribution in [0.15, 0.2) is 151 Å². The molecule has 7 N–H and O–H groups in total. The summed E-state index contributed by atoms with van der Waals surface area (Å²) in [6, 6.07) is 34.7. The van der Waals surface area contributed by atoms with E-state index in [0.29, 0.717) is 64.9 Å². The molecule has 2 aliphatic heterocycles. The SMILES string of the molecule is O=C(N[C@@H](Cc1ccc(C(=O)c2ccccc2)cc1)C(=O)NCCNCCNCCNS(=O)(=O)c1cccc2cnccc12)c1ccc2c(c1)C(=O)OC21c2ccc(O)cc2Oc2cc(O)ccc21. The number of hydrogen-bond donors (Lipinski definition) is 7. The molecule has 6 aromatic carbocycles. The summed E-state index contributed by atoms with van der Waals surface area (Å²) in [7, 11) is -3.75. The Hall–Kier alpha value is -7.96. The van der Waals surface area contributed by atoms with Gasteiger partial charge in [-0.2, -0.15) is 0 Å². The minimum Gasteiger partial charge on any atom is -0.508 e. The first kappa shape index (κ1) is 46.2. The third kappa shape index (κ3) is 9.61. The fourth-order valence-electron chi connectivity index (χ4n) is 8.58. The Labute approximate surface area is 396 Å². The minimum absolute atomic E-state index is 0.0690. The van der Waals surface area contributed by atoms with E-state index in [2.05, 4.69) is 31.0 Å². The third-order valence-corrected chi connectivity index (χ3v) is 13.5. The van der Waals surface area contributed by atoms with Crippen molar-refractivity contribution in [3.8, 4) is 23.0 Å². The molecular formula is C52H46N6O10S. The molecule has 1 spiro atoms. The number of phenolic OH excluding ortho intramolecular Hbond substituents is 2. The summed E-state index contributed by atoms with van der Waals surface area (Å²) in [5, 5.41) is 34.0. The number of pyridine rings is 1. The Morgan fingerprint density at radius 2 is 1.30 bits per heavy atom. The molecule has 0 saturated carbocycles. The number of rotatable bonds is 18. The van der Waals surface area contributed by atoms with Crippen molar-refractivity contribution in [1.29, 1.82) is 0 Å². The molecule has 0 fully saturated rings. The topological polar surface area (TPSA) is 234 Å². The summed E-state index contributed by atoms with van der Waals surface area (Å²) < 4.78 is 40.8. The van der Waals surface area contributed by atoms with E-state index in [9.17, 15) is 37.8 Å². The van der Waals surface area contributed by atoms with Crippen molar-refractivity contribution >= 4 is 44.4 Å². The zero-order valence-corrected chi connectivity index (χ0v) is 37.7. The van der Waals surface area contributed by atoms with E-state index in [1.54, 1.807) is 103 Å². The highest BCUT2D eigenvalue weighted by Gasteiger charge is 2.54. The van der Waals surface area contributed by atoms with Gasteiger partial charge in [0.1, 0.15) is 29.0 Å². The summed E-state index contributed by atoms with van der Waals surface area (Å²) in [6.45, 7) is 2.19. The maximum Gasteiger partial charge on any atom is 0.340 e. The lowest BCUT2D eigenvalue weighted by molar-refractivity contribution is -0.122. The Bertz CT molecular complexity index is 3170. The molecule has 1 atom stereocenters. The number of carbonyl (C=O) groups excluding carboxylic acids is 4. The second-order valence-electron chi connectivity index (χ2n) is 16.5. The van der Waals surface area contributed by atoms with Crippen molar-refractivity contribution < 1.29 is 47.3 Å². The largest absolute Gasteiger partial charge is 0.508 e. The summed E-state index contributed by atoms with van der Waals surface area (Å²) in [5.74, 6) is -1.73. The van der Waals surface area contributed by atoms with E-state index in [-0.39, 0.29) is 64.3 Å². The molecule has 17 heteroatoms. The van der Waals surface area contributed by atoms with Gasteiger partial charge in [0.05, 0.1) is 10.5 Å². The van der Waals surface area contributed by atoms with E-state index in [1.807, 2.05) is 6.07 Å². The standard InChI is InChI=1S/C52H46N6O10S/c59-37-14-17-42-45(29-37)67-46-30-38(60)15-18-43(46)52(42)41-16-13-35(28-40(41)51(64)68-52)49(62)58-44(27-32-9-11-34(12-10-32)48(61)33-5-2-1-3-6-33)50(63)56-25-23-53-21-22-54-24-26-57-69(65,66)47-8-4-7-36-31-55-20-19-39(36)47/h1-20,28-31,44,53-54,57,59-60H,21-27H2,(H,56,63)(H,58,62)/t44-/m0/s1. The number of benzene rings is 6. The molecule has 2 aliphatic rings. The number of ketones is 1. The molecule has 69 heavy (non-hydrogen) atoms. The maximum absolute atomic E-state index is 14.1. The third-order valence-electron chi connectivity index (χ3n) is 12.0. The van der Waals surface area contributed by atoms with Crippen molar-refractivity contribution in [2.45, 2.75) is 23.0 Å². The number of carbonyl (C=O) groups is 4. The fourth-order valence-corrected chi connectivity index (χ4v) is 9.84. The van der Waals surface area contributed by atoms with E-state index >= 15 is 0 Å². The number of esters is 1. The second kappa shape index (κ2) is 19.7. The molecule has 7 aromatic rings. The first-order valence-corrected chi connectivity index (χ1v) is 23.6. The number of sulfonamides is 1. The zero-order valence-electron chi connectivity index (χ0n) is 36.9. The smallest absolute Gasteiger partial charge is 0.340 e. The maximum atomic E-state index is 14.1. The Kier molecular flexibility index (Phi) is 13.2. The van der Waals surface area contributed by atoms with Gasteiger partial charge < -0.3 is 41.0 Å². The van der Waals surface area contributed by atoms with Gasteiger partial charge in [0.25, 0.3) is 5.91 Å². The molecule has 0 unspecified atom stereocenters. The van der Waals surface area contributed by atoms with Crippen LogP contribution in [0.2, 0.25) is 0 Å². The first-order chi connectivity index (χ1) is 33.4. The van der Waals surface area contributed by atoms with E-state index in [0.717, 1.165) is 5.39 Å². The van der Waals surface area contributed by atoms with Crippen LogP contribution >= 0.6 is 0 Å². The van der Waals surface area contributed by atoms with Gasteiger partial charge in [-0.05, 0) is 54.1 Å². The number of phenols is 2. The van der Waals surface area contributed by atoms with Gasteiger partial charge in [-0.25, -0.2) is 17.9 Å². The molecule has 1 aromatic heterocycles. The lowest BCUT2D eigenvalue weighted by Gasteiger charge is -2.36. The van der Waals surface area contributed by atoms with E-state index in [1.165, 1.54) is 36.4 Å². The molecule has 16 nitrogen and oxygen atoms in total. The highest BCUT2D eigenvalue weighted by atomic mass is 32.2. The van der Waals surface area contributed by atoms with Crippen LogP contribution < -0.4 is 30.7 Å². The van der Waals surface area contributed by atoms with Gasteiger partial charge in [-0.15, -0.1) is 0 Å². The number of ether oxygens (including phenoxy) is 2. The van der Waals surface area contributed by atoms with Crippen LogP contribution in [0, 0.1) is 0 Å². The van der Waals surface area contributed by atoms with Gasteiger partial charge in [-0.1, -0.05) is 72.8 Å². The van der Waals surface area contributed by atoms with Crippen molar-refractivity contribution in [2.24, 2.45) is 0 Å². The normalized spacial score (nSPS) is 13.7.